The van der Waals surface area contributed by atoms with Crippen LogP contribution in [-0.4, -0.2) is 48.5 Å². The van der Waals surface area contributed by atoms with Gasteiger partial charge in [0.1, 0.15) is 11.9 Å². The molecule has 7 nitrogen and oxygen atoms in total. The summed E-state index contributed by atoms with van der Waals surface area (Å²) in [6.45, 7) is 5.82. The number of fused-ring (bicyclic) bond motifs is 1. The maximum Gasteiger partial charge on any atom is 0.410 e. The van der Waals surface area contributed by atoms with E-state index in [4.69, 9.17) is 9.47 Å². The van der Waals surface area contributed by atoms with Crippen LogP contribution < -0.4 is 5.32 Å². The average Bonchev–Trinajstić information content (AvgIpc) is 3.23. The molecule has 0 radical (unpaired) electrons. The van der Waals surface area contributed by atoms with Crippen LogP contribution in [0.5, 0.6) is 0 Å². The fourth-order valence-corrected chi connectivity index (χ4v) is 4.71. The van der Waals surface area contributed by atoms with E-state index in [1.165, 1.54) is 13.2 Å². The number of rotatable bonds is 2. The van der Waals surface area contributed by atoms with Crippen LogP contribution in [0.25, 0.3) is 0 Å². The van der Waals surface area contributed by atoms with Gasteiger partial charge in [-0.05, 0) is 44.9 Å². The minimum atomic E-state index is -0.720. The molecule has 1 fully saturated rings. The molecular weight excluding hydrogens is 372 g/mol. The highest BCUT2D eigenvalue weighted by Gasteiger charge is 2.60. The molecule has 0 unspecified atom stereocenters. The number of carbonyl (C=O) groups excluding carboxylic acids is 3. The Balaban J connectivity index is 1.90. The second kappa shape index (κ2) is 6.47. The third kappa shape index (κ3) is 2.75. The topological polar surface area (TPSA) is 84.9 Å². The van der Waals surface area contributed by atoms with Crippen LogP contribution in [0.3, 0.4) is 0 Å². The van der Waals surface area contributed by atoms with Gasteiger partial charge in [0.15, 0.2) is 0 Å². The molecule has 1 aliphatic carbocycles. The molecular formula is C22H24N2O5. The van der Waals surface area contributed by atoms with Gasteiger partial charge in [0.25, 0.3) is 0 Å². The molecule has 2 aliphatic heterocycles. The highest BCUT2D eigenvalue weighted by molar-refractivity contribution is 5.99. The largest absolute Gasteiger partial charge is 0.465 e. The van der Waals surface area contributed by atoms with Gasteiger partial charge >= 0.3 is 12.1 Å². The fourth-order valence-electron chi connectivity index (χ4n) is 4.71. The molecule has 2 heterocycles. The second-order valence-corrected chi connectivity index (χ2v) is 8.51. The number of amides is 1. The van der Waals surface area contributed by atoms with Gasteiger partial charge in [0.2, 0.25) is 0 Å². The number of anilines is 1. The van der Waals surface area contributed by atoms with Crippen molar-refractivity contribution in [1.82, 2.24) is 4.90 Å². The van der Waals surface area contributed by atoms with Crippen molar-refractivity contribution in [2.24, 2.45) is 0 Å². The van der Waals surface area contributed by atoms with E-state index in [-0.39, 0.29) is 0 Å². The zero-order valence-corrected chi connectivity index (χ0v) is 16.9. The number of hydrogen-bond donors (Lipinski definition) is 1. The van der Waals surface area contributed by atoms with Gasteiger partial charge in [-0.2, -0.15) is 0 Å². The molecule has 1 aromatic carbocycles. The smallest absolute Gasteiger partial charge is 0.410 e. The third-order valence-corrected chi connectivity index (χ3v) is 5.70. The number of nitrogens with one attached hydrogen (secondary N) is 1. The van der Waals surface area contributed by atoms with Crippen LogP contribution in [0, 0.1) is 0 Å². The van der Waals surface area contributed by atoms with E-state index >= 15 is 0 Å². The van der Waals surface area contributed by atoms with Crippen molar-refractivity contribution in [3.8, 4) is 0 Å². The predicted octanol–water partition coefficient (Wildman–Crippen LogP) is 2.93. The Bertz CT molecular complexity index is 972. The molecule has 4 rings (SSSR count). The molecule has 1 saturated heterocycles. The minimum Gasteiger partial charge on any atom is -0.465 e. The number of aldehydes is 1. The number of ether oxygens (including phenoxy) is 2. The van der Waals surface area contributed by atoms with E-state index in [0.717, 1.165) is 17.5 Å². The van der Waals surface area contributed by atoms with Crippen LogP contribution in [0.2, 0.25) is 0 Å². The SMILES string of the molecule is COC(=O)C1=C2Nc3ccccc3[C@@]23CCN(C(=O)OC(C)(C)C)[C@H]3C(C=O)=C1. The van der Waals surface area contributed by atoms with Crippen LogP contribution in [0.4, 0.5) is 10.5 Å². The van der Waals surface area contributed by atoms with E-state index in [0.29, 0.717) is 29.8 Å². The van der Waals surface area contributed by atoms with Gasteiger partial charge in [-0.15, -0.1) is 0 Å². The Morgan fingerprint density at radius 2 is 2.00 bits per heavy atom. The summed E-state index contributed by atoms with van der Waals surface area (Å²) in [5.74, 6) is -0.520. The molecule has 1 N–H and O–H groups in total. The summed E-state index contributed by atoms with van der Waals surface area (Å²) in [6.07, 6.45) is 2.33. The lowest BCUT2D eigenvalue weighted by Gasteiger charge is -2.39. The molecule has 0 saturated carbocycles. The van der Waals surface area contributed by atoms with E-state index in [2.05, 4.69) is 5.32 Å². The standard InChI is InChI=1S/C22H24N2O5/c1-21(2,3)29-20(27)24-10-9-22-15-7-5-6-8-16(15)23-17(22)14(19(26)28-4)11-13(12-25)18(22)24/h5-8,11-12,18,23H,9-10H2,1-4H3/t18-,22-/m0/s1. The fraction of sp³-hybridized carbons (Fsp3) is 0.409. The molecule has 0 aromatic heterocycles. The number of methoxy groups -OCH3 is 1. The zero-order chi connectivity index (χ0) is 21.0. The first-order valence-corrected chi connectivity index (χ1v) is 9.59. The van der Waals surface area contributed by atoms with E-state index < -0.39 is 29.1 Å². The van der Waals surface area contributed by atoms with Crippen molar-refractivity contribution in [2.45, 2.75) is 44.2 Å². The summed E-state index contributed by atoms with van der Waals surface area (Å²) in [5.41, 5.74) is 1.78. The van der Waals surface area contributed by atoms with Crippen molar-refractivity contribution < 1.29 is 23.9 Å². The number of carbonyl (C=O) groups is 3. The first-order chi connectivity index (χ1) is 13.7. The van der Waals surface area contributed by atoms with Crippen LogP contribution in [-0.2, 0) is 24.5 Å². The molecule has 152 valence electrons. The van der Waals surface area contributed by atoms with E-state index in [1.54, 1.807) is 25.7 Å². The van der Waals surface area contributed by atoms with Crippen molar-refractivity contribution in [2.75, 3.05) is 19.0 Å². The Morgan fingerprint density at radius 1 is 1.28 bits per heavy atom. The lowest BCUT2D eigenvalue weighted by atomic mass is 9.67. The number of benzene rings is 1. The lowest BCUT2D eigenvalue weighted by molar-refractivity contribution is -0.135. The maximum atomic E-state index is 13.0. The first-order valence-electron chi connectivity index (χ1n) is 9.59. The summed E-state index contributed by atoms with van der Waals surface area (Å²) in [6, 6.07) is 7.17. The van der Waals surface area contributed by atoms with Gasteiger partial charge in [0, 0.05) is 23.5 Å². The molecule has 1 aromatic rings. The first kappa shape index (κ1) is 19.2. The van der Waals surface area contributed by atoms with Crippen LogP contribution in [0.15, 0.2) is 47.2 Å². The number of para-hydroxylation sites is 1. The molecule has 7 heteroatoms. The van der Waals surface area contributed by atoms with Gasteiger partial charge in [-0.3, -0.25) is 9.69 Å². The van der Waals surface area contributed by atoms with Gasteiger partial charge in [-0.25, -0.2) is 9.59 Å². The Labute approximate surface area is 169 Å². The minimum absolute atomic E-state index is 0.313. The Hall–Kier alpha value is -3.09. The van der Waals surface area contributed by atoms with Crippen LogP contribution in [0.1, 0.15) is 32.8 Å². The average molecular weight is 396 g/mol. The lowest BCUT2D eigenvalue weighted by Crippen LogP contribution is -2.50. The quantitative estimate of drug-likeness (QED) is 0.611. The molecule has 3 aliphatic rings. The van der Waals surface area contributed by atoms with Crippen LogP contribution >= 0.6 is 0 Å². The highest BCUT2D eigenvalue weighted by atomic mass is 16.6. The van der Waals surface area contributed by atoms with Crippen molar-refractivity contribution in [3.05, 3.63) is 52.7 Å². The molecule has 1 amide bonds. The number of hydrogen-bond acceptors (Lipinski definition) is 6. The summed E-state index contributed by atoms with van der Waals surface area (Å²) in [4.78, 5) is 39.2. The second-order valence-electron chi connectivity index (χ2n) is 8.51. The molecule has 1 spiro atoms. The third-order valence-electron chi connectivity index (χ3n) is 5.70. The normalized spacial score (nSPS) is 24.8. The maximum absolute atomic E-state index is 13.0. The van der Waals surface area contributed by atoms with E-state index in [9.17, 15) is 14.4 Å². The molecule has 0 bridgehead atoms. The Kier molecular flexibility index (Phi) is 4.29. The van der Waals surface area contributed by atoms with Gasteiger partial charge in [0.05, 0.1) is 24.1 Å². The summed E-state index contributed by atoms with van der Waals surface area (Å²) < 4.78 is 10.6. The molecule has 29 heavy (non-hydrogen) atoms. The van der Waals surface area contributed by atoms with Gasteiger partial charge in [-0.1, -0.05) is 18.2 Å². The molecule has 2 atom stereocenters. The van der Waals surface area contributed by atoms with Gasteiger partial charge < -0.3 is 14.8 Å². The van der Waals surface area contributed by atoms with E-state index in [1.807, 2.05) is 24.3 Å². The zero-order valence-electron chi connectivity index (χ0n) is 16.9. The highest BCUT2D eigenvalue weighted by Crippen LogP contribution is 2.57. The predicted molar refractivity (Wildman–Crippen MR) is 106 cm³/mol. The number of esters is 1. The van der Waals surface area contributed by atoms with Crippen molar-refractivity contribution >= 4 is 24.0 Å². The summed E-state index contributed by atoms with van der Waals surface area (Å²) in [7, 11) is 1.31. The van der Waals surface area contributed by atoms with Crippen molar-refractivity contribution in [3.63, 3.8) is 0 Å². The Morgan fingerprint density at radius 3 is 2.66 bits per heavy atom. The number of likely N-dealkylation sites (tertiary alicyclic amines) is 1. The summed E-state index contributed by atoms with van der Waals surface area (Å²) >= 11 is 0. The number of nitrogens with zero attached hydrogens (tertiary/aromatic N) is 1. The van der Waals surface area contributed by atoms with Crippen molar-refractivity contribution in [1.29, 1.82) is 0 Å². The summed E-state index contributed by atoms with van der Waals surface area (Å²) in [5, 5.41) is 3.36. The monoisotopic (exact) mass is 396 g/mol.